The number of allylic oxidation sites excluding steroid dienone is 2. The van der Waals surface area contributed by atoms with Crippen molar-refractivity contribution in [3.05, 3.63) is 83.0 Å². The molecule has 0 spiro atoms. The van der Waals surface area contributed by atoms with Gasteiger partial charge in [-0.15, -0.1) is 0 Å². The Morgan fingerprint density at radius 3 is 2.29 bits per heavy atom. The summed E-state index contributed by atoms with van der Waals surface area (Å²) in [7, 11) is 0. The average Bonchev–Trinajstić information content (AvgIpc) is 3.02. The van der Waals surface area contributed by atoms with Crippen molar-refractivity contribution in [2.45, 2.75) is 5.92 Å². The highest BCUT2D eigenvalue weighted by Gasteiger charge is 2.41. The maximum Gasteiger partial charge on any atom is 0.221 e. The standard InChI is InChI=1S/C19H12N4O/c20-10-13-17(12-6-2-1-3-7-12)14(11-21)19-23(18(13)22)15-8-4-5-9-16(15)24-19/h1-9,17H,22H2. The summed E-state index contributed by atoms with van der Waals surface area (Å²) in [6.07, 6.45) is 0. The second-order valence-electron chi connectivity index (χ2n) is 5.49. The highest BCUT2D eigenvalue weighted by Crippen LogP contribution is 2.48. The summed E-state index contributed by atoms with van der Waals surface area (Å²) in [5.41, 5.74) is 8.59. The highest BCUT2D eigenvalue weighted by atomic mass is 16.5. The van der Waals surface area contributed by atoms with Crippen molar-refractivity contribution in [1.29, 1.82) is 10.5 Å². The van der Waals surface area contributed by atoms with Crippen LogP contribution in [0.2, 0.25) is 0 Å². The number of para-hydroxylation sites is 2. The Morgan fingerprint density at radius 2 is 1.58 bits per heavy atom. The van der Waals surface area contributed by atoms with E-state index in [1.807, 2.05) is 54.6 Å². The van der Waals surface area contributed by atoms with E-state index in [0.717, 1.165) is 11.3 Å². The lowest BCUT2D eigenvalue weighted by Crippen LogP contribution is -2.34. The molecule has 0 amide bonds. The minimum Gasteiger partial charge on any atom is -0.437 e. The van der Waals surface area contributed by atoms with Gasteiger partial charge in [0.25, 0.3) is 0 Å². The zero-order valence-corrected chi connectivity index (χ0v) is 12.6. The van der Waals surface area contributed by atoms with Crippen LogP contribution in [0.1, 0.15) is 11.5 Å². The first-order chi connectivity index (χ1) is 11.8. The third kappa shape index (κ3) is 1.79. The minimum atomic E-state index is -0.526. The molecule has 0 aliphatic carbocycles. The fourth-order valence-corrected chi connectivity index (χ4v) is 3.15. The van der Waals surface area contributed by atoms with Crippen LogP contribution in [-0.4, -0.2) is 0 Å². The Hall–Kier alpha value is -3.70. The van der Waals surface area contributed by atoms with Gasteiger partial charge in [0.2, 0.25) is 5.88 Å². The van der Waals surface area contributed by atoms with Crippen LogP contribution in [-0.2, 0) is 0 Å². The number of rotatable bonds is 1. The molecule has 0 aromatic heterocycles. The molecule has 2 aromatic rings. The Morgan fingerprint density at radius 1 is 0.917 bits per heavy atom. The number of nitrogens with two attached hydrogens (primary N) is 1. The molecule has 114 valence electrons. The lowest BCUT2D eigenvalue weighted by molar-refractivity contribution is 0.432. The van der Waals surface area contributed by atoms with E-state index in [1.54, 1.807) is 4.90 Å². The van der Waals surface area contributed by atoms with Gasteiger partial charge in [0.1, 0.15) is 17.5 Å². The monoisotopic (exact) mass is 312 g/mol. The molecular weight excluding hydrogens is 300 g/mol. The summed E-state index contributed by atoms with van der Waals surface area (Å²) >= 11 is 0. The highest BCUT2D eigenvalue weighted by molar-refractivity contribution is 5.75. The van der Waals surface area contributed by atoms with Crippen molar-refractivity contribution in [3.63, 3.8) is 0 Å². The Kier molecular flexibility index (Phi) is 3.01. The van der Waals surface area contributed by atoms with E-state index in [0.29, 0.717) is 28.6 Å². The zero-order chi connectivity index (χ0) is 16.7. The van der Waals surface area contributed by atoms with Gasteiger partial charge in [-0.05, 0) is 17.7 Å². The van der Waals surface area contributed by atoms with E-state index in [-0.39, 0.29) is 0 Å². The fraction of sp³-hybridized carbons (Fsp3) is 0.0526. The predicted molar refractivity (Wildman–Crippen MR) is 88.2 cm³/mol. The predicted octanol–water partition coefficient (Wildman–Crippen LogP) is 3.11. The van der Waals surface area contributed by atoms with Crippen LogP contribution >= 0.6 is 0 Å². The minimum absolute atomic E-state index is 0.297. The quantitative estimate of drug-likeness (QED) is 0.874. The summed E-state index contributed by atoms with van der Waals surface area (Å²) in [5, 5.41) is 19.4. The number of ether oxygens (including phenoxy) is 1. The fourth-order valence-electron chi connectivity index (χ4n) is 3.15. The number of hydrogen-bond acceptors (Lipinski definition) is 5. The van der Waals surface area contributed by atoms with Crippen molar-refractivity contribution < 1.29 is 4.74 Å². The van der Waals surface area contributed by atoms with E-state index < -0.39 is 5.92 Å². The molecule has 2 aliphatic rings. The lowest BCUT2D eigenvalue weighted by Gasteiger charge is -2.30. The molecule has 5 heteroatoms. The molecule has 0 fully saturated rings. The summed E-state index contributed by atoms with van der Waals surface area (Å²) in [6, 6.07) is 21.2. The molecule has 0 saturated carbocycles. The maximum atomic E-state index is 9.76. The van der Waals surface area contributed by atoms with E-state index in [9.17, 15) is 10.5 Å². The number of hydrogen-bond donors (Lipinski definition) is 1. The molecule has 24 heavy (non-hydrogen) atoms. The van der Waals surface area contributed by atoms with Crippen molar-refractivity contribution in [2.75, 3.05) is 4.90 Å². The van der Waals surface area contributed by atoms with Crippen LogP contribution in [0.15, 0.2) is 77.4 Å². The first-order valence-corrected chi connectivity index (χ1v) is 7.42. The molecule has 2 aromatic carbocycles. The Bertz CT molecular complexity index is 976. The second-order valence-corrected chi connectivity index (χ2v) is 5.49. The van der Waals surface area contributed by atoms with Crippen LogP contribution in [0.3, 0.4) is 0 Å². The summed E-state index contributed by atoms with van der Waals surface area (Å²) in [4.78, 5) is 1.64. The van der Waals surface area contributed by atoms with Crippen LogP contribution in [0.25, 0.3) is 0 Å². The van der Waals surface area contributed by atoms with Crippen molar-refractivity contribution in [1.82, 2.24) is 0 Å². The SMILES string of the molecule is N#CC1=C(N)N2C(=C(C#N)C1c1ccccc1)Oc1ccccc12. The van der Waals surface area contributed by atoms with Gasteiger partial charge in [0.15, 0.2) is 5.75 Å². The van der Waals surface area contributed by atoms with Gasteiger partial charge in [0, 0.05) is 0 Å². The molecule has 0 radical (unpaired) electrons. The van der Waals surface area contributed by atoms with E-state index >= 15 is 0 Å². The molecular formula is C19H12N4O. The number of fused-ring (bicyclic) bond motifs is 3. The normalized spacial score (nSPS) is 18.4. The van der Waals surface area contributed by atoms with Crippen LogP contribution in [0, 0.1) is 22.7 Å². The van der Waals surface area contributed by atoms with E-state index in [2.05, 4.69) is 12.1 Å². The topological polar surface area (TPSA) is 86.1 Å². The van der Waals surface area contributed by atoms with Gasteiger partial charge in [0.05, 0.1) is 23.2 Å². The molecule has 1 unspecified atom stereocenters. The van der Waals surface area contributed by atoms with Gasteiger partial charge < -0.3 is 10.5 Å². The van der Waals surface area contributed by atoms with Crippen molar-refractivity contribution in [2.24, 2.45) is 5.73 Å². The number of nitriles is 2. The number of benzene rings is 2. The van der Waals surface area contributed by atoms with Crippen LogP contribution < -0.4 is 15.4 Å². The van der Waals surface area contributed by atoms with Gasteiger partial charge >= 0.3 is 0 Å². The van der Waals surface area contributed by atoms with Crippen molar-refractivity contribution >= 4 is 5.69 Å². The van der Waals surface area contributed by atoms with Gasteiger partial charge in [-0.2, -0.15) is 10.5 Å². The van der Waals surface area contributed by atoms with Crippen molar-refractivity contribution in [3.8, 4) is 17.9 Å². The molecule has 0 bridgehead atoms. The molecule has 2 heterocycles. The number of anilines is 1. The maximum absolute atomic E-state index is 9.76. The van der Waals surface area contributed by atoms with Gasteiger partial charge in [-0.1, -0.05) is 42.5 Å². The zero-order valence-electron chi connectivity index (χ0n) is 12.6. The molecule has 1 atom stereocenters. The number of nitrogens with zero attached hydrogens (tertiary/aromatic N) is 3. The van der Waals surface area contributed by atoms with E-state index in [1.165, 1.54) is 0 Å². The lowest BCUT2D eigenvalue weighted by atomic mass is 9.83. The third-order valence-electron chi connectivity index (χ3n) is 4.21. The van der Waals surface area contributed by atoms with Crippen LogP contribution in [0.5, 0.6) is 5.75 Å². The van der Waals surface area contributed by atoms with Gasteiger partial charge in [-0.3, -0.25) is 4.90 Å². The smallest absolute Gasteiger partial charge is 0.221 e. The summed E-state index contributed by atoms with van der Waals surface area (Å²) < 4.78 is 5.89. The Balaban J connectivity index is 1.99. The first-order valence-electron chi connectivity index (χ1n) is 7.42. The largest absolute Gasteiger partial charge is 0.437 e. The van der Waals surface area contributed by atoms with Crippen LogP contribution in [0.4, 0.5) is 5.69 Å². The molecule has 2 aliphatic heterocycles. The molecule has 5 nitrogen and oxygen atoms in total. The van der Waals surface area contributed by atoms with Gasteiger partial charge in [-0.25, -0.2) is 0 Å². The summed E-state index contributed by atoms with van der Waals surface area (Å²) in [5.74, 6) is 0.769. The van der Waals surface area contributed by atoms with E-state index in [4.69, 9.17) is 10.5 Å². The Labute approximate surface area is 139 Å². The second kappa shape index (κ2) is 5.19. The first kappa shape index (κ1) is 13.9. The molecule has 0 saturated heterocycles. The third-order valence-corrected chi connectivity index (χ3v) is 4.21. The molecule has 4 rings (SSSR count). The summed E-state index contributed by atoms with van der Waals surface area (Å²) in [6.45, 7) is 0. The average molecular weight is 312 g/mol. The molecule has 2 N–H and O–H groups in total.